The van der Waals surface area contributed by atoms with E-state index in [4.69, 9.17) is 15.0 Å². The number of amides is 3. The third-order valence-electron chi connectivity index (χ3n) is 6.30. The number of aromatic nitrogens is 3. The molecule has 13 nitrogen and oxygen atoms in total. The summed E-state index contributed by atoms with van der Waals surface area (Å²) in [5.74, 6) is -2.46. The van der Waals surface area contributed by atoms with Crippen molar-refractivity contribution in [2.75, 3.05) is 62.7 Å². The van der Waals surface area contributed by atoms with Crippen LogP contribution >= 0.6 is 11.3 Å². The molecular formula is C26H27F2N9O4S. The number of methoxy groups -OCH3 is 1. The summed E-state index contributed by atoms with van der Waals surface area (Å²) < 4.78 is 39.7. The molecule has 5 rings (SSSR count). The second-order valence-corrected chi connectivity index (χ2v) is 10.1. The fraction of sp³-hybridized carbons (Fsp3) is 0.269. The maximum absolute atomic E-state index is 14.7. The zero-order chi connectivity index (χ0) is 29.6. The molecule has 6 N–H and O–H groups in total. The number of ether oxygens (including phenoxy) is 1. The monoisotopic (exact) mass is 599 g/mol. The van der Waals surface area contributed by atoms with Gasteiger partial charge in [0.25, 0.3) is 11.8 Å². The second-order valence-electron chi connectivity index (χ2n) is 9.13. The smallest absolute Gasteiger partial charge is 0.321 e. The summed E-state index contributed by atoms with van der Waals surface area (Å²) >= 11 is 0.986. The van der Waals surface area contributed by atoms with Crippen LogP contribution in [0.25, 0.3) is 22.2 Å². The van der Waals surface area contributed by atoms with Crippen molar-refractivity contribution in [2.24, 2.45) is 0 Å². The number of carbonyl (C=O) groups is 2. The Hall–Kier alpha value is -4.67. The highest BCUT2D eigenvalue weighted by atomic mass is 32.1. The van der Waals surface area contributed by atoms with Gasteiger partial charge in [-0.05, 0) is 24.3 Å². The first-order chi connectivity index (χ1) is 20.3. The molecular weight excluding hydrogens is 572 g/mol. The van der Waals surface area contributed by atoms with Crippen molar-refractivity contribution < 1.29 is 27.6 Å². The normalized spacial score (nSPS) is 13.5. The molecule has 1 fully saturated rings. The van der Waals surface area contributed by atoms with Gasteiger partial charge in [-0.25, -0.2) is 18.6 Å². The Labute approximate surface area is 242 Å². The van der Waals surface area contributed by atoms with Crippen molar-refractivity contribution in [3.8, 4) is 27.9 Å². The van der Waals surface area contributed by atoms with Crippen LogP contribution in [0.1, 0.15) is 10.4 Å². The summed E-state index contributed by atoms with van der Waals surface area (Å²) in [6.07, 6.45) is 0. The first-order valence-corrected chi connectivity index (χ1v) is 13.7. The maximum Gasteiger partial charge on any atom is 0.321 e. The molecule has 1 aliphatic heterocycles. The second kappa shape index (κ2) is 12.9. The lowest BCUT2D eigenvalue weighted by Gasteiger charge is -2.27. The van der Waals surface area contributed by atoms with Gasteiger partial charge in [0.05, 0.1) is 18.4 Å². The number of thiazole rings is 1. The van der Waals surface area contributed by atoms with Crippen molar-refractivity contribution in [3.05, 3.63) is 53.6 Å². The minimum atomic E-state index is -0.996. The highest BCUT2D eigenvalue weighted by Gasteiger charge is 2.22. The van der Waals surface area contributed by atoms with E-state index in [1.54, 1.807) is 12.1 Å². The van der Waals surface area contributed by atoms with Crippen LogP contribution in [0.3, 0.4) is 0 Å². The van der Waals surface area contributed by atoms with Gasteiger partial charge in [-0.2, -0.15) is 4.98 Å². The maximum atomic E-state index is 14.7. The average Bonchev–Trinajstić information content (AvgIpc) is 3.61. The molecule has 16 heteroatoms. The van der Waals surface area contributed by atoms with Gasteiger partial charge >= 0.3 is 6.03 Å². The number of rotatable bonds is 9. The third-order valence-corrected chi connectivity index (χ3v) is 7.27. The van der Waals surface area contributed by atoms with E-state index in [0.717, 1.165) is 50.1 Å². The molecule has 3 amide bonds. The number of anilines is 3. The molecule has 0 radical (unpaired) electrons. The molecule has 0 spiro atoms. The Kier molecular flexibility index (Phi) is 8.85. The minimum absolute atomic E-state index is 0.0112. The highest BCUT2D eigenvalue weighted by molar-refractivity contribution is 7.19. The van der Waals surface area contributed by atoms with E-state index in [9.17, 15) is 18.4 Å². The Morgan fingerprint density at radius 3 is 2.74 bits per heavy atom. The van der Waals surface area contributed by atoms with E-state index in [1.165, 1.54) is 19.2 Å². The van der Waals surface area contributed by atoms with Crippen LogP contribution in [0.2, 0.25) is 0 Å². The molecule has 0 saturated carbocycles. The molecule has 2 aromatic heterocycles. The van der Waals surface area contributed by atoms with Crippen LogP contribution in [0.5, 0.6) is 5.75 Å². The summed E-state index contributed by atoms with van der Waals surface area (Å²) in [5, 5.41) is 15.1. The van der Waals surface area contributed by atoms with Gasteiger partial charge in [0.15, 0.2) is 5.13 Å². The molecule has 2 aromatic carbocycles. The van der Waals surface area contributed by atoms with Crippen LogP contribution in [0.4, 0.5) is 30.2 Å². The summed E-state index contributed by atoms with van der Waals surface area (Å²) in [7, 11) is 1.45. The van der Waals surface area contributed by atoms with Crippen molar-refractivity contribution >= 4 is 39.9 Å². The van der Waals surface area contributed by atoms with Crippen LogP contribution in [-0.2, 0) is 0 Å². The molecule has 220 valence electrons. The summed E-state index contributed by atoms with van der Waals surface area (Å²) in [4.78, 5) is 35.8. The molecule has 3 heterocycles. The van der Waals surface area contributed by atoms with E-state index < -0.39 is 23.6 Å². The molecule has 0 unspecified atom stereocenters. The molecule has 1 aliphatic rings. The number of nitrogens with zero attached hydrogens (tertiary/aromatic N) is 4. The van der Waals surface area contributed by atoms with Gasteiger partial charge in [-0.3, -0.25) is 15.0 Å². The number of piperazine rings is 1. The van der Waals surface area contributed by atoms with Gasteiger partial charge < -0.3 is 30.9 Å². The average molecular weight is 600 g/mol. The zero-order valence-electron chi connectivity index (χ0n) is 22.4. The predicted molar refractivity (Wildman–Crippen MR) is 152 cm³/mol. The van der Waals surface area contributed by atoms with Crippen LogP contribution in [0.15, 0.2) is 40.9 Å². The Balaban J connectivity index is 1.26. The Bertz CT molecular complexity index is 1590. The van der Waals surface area contributed by atoms with Gasteiger partial charge in [0.2, 0.25) is 5.82 Å². The van der Waals surface area contributed by atoms with Gasteiger partial charge in [0, 0.05) is 50.9 Å². The molecule has 0 bridgehead atoms. The third kappa shape index (κ3) is 6.79. The summed E-state index contributed by atoms with van der Waals surface area (Å²) in [6.45, 7) is 4.85. The Morgan fingerprint density at radius 2 is 1.95 bits per heavy atom. The number of nitrogens with two attached hydrogens (primary N) is 1. The van der Waals surface area contributed by atoms with Crippen molar-refractivity contribution in [1.29, 1.82) is 0 Å². The number of hydrogen-bond donors (Lipinski definition) is 5. The lowest BCUT2D eigenvalue weighted by Crippen LogP contribution is -2.46. The summed E-state index contributed by atoms with van der Waals surface area (Å²) in [5.41, 5.74) is 5.70. The molecule has 1 saturated heterocycles. The fourth-order valence-electron chi connectivity index (χ4n) is 4.14. The number of carbonyl (C=O) groups excluding carboxylic acids is 2. The van der Waals surface area contributed by atoms with Crippen molar-refractivity contribution in [1.82, 2.24) is 30.7 Å². The quantitative estimate of drug-likeness (QED) is 0.193. The SMILES string of the molecule is COc1cccc(C(=O)Nc2cc(-c3noc(-c4sc(NC(=O)NCCN5CCNCC5)nc4N)n3)c(F)cc2F)c1. The highest BCUT2D eigenvalue weighted by Crippen LogP contribution is 2.35. The number of halogens is 2. The first kappa shape index (κ1) is 28.8. The van der Waals surface area contributed by atoms with Crippen molar-refractivity contribution in [2.45, 2.75) is 0 Å². The largest absolute Gasteiger partial charge is 0.497 e. The molecule has 4 aromatic rings. The fourth-order valence-corrected chi connectivity index (χ4v) is 4.94. The first-order valence-electron chi connectivity index (χ1n) is 12.8. The van der Waals surface area contributed by atoms with Gasteiger partial charge in [-0.15, -0.1) is 0 Å². The number of urea groups is 1. The Morgan fingerprint density at radius 1 is 1.14 bits per heavy atom. The van der Waals surface area contributed by atoms with E-state index in [0.29, 0.717) is 18.4 Å². The number of hydrogen-bond acceptors (Lipinski definition) is 11. The van der Waals surface area contributed by atoms with E-state index in [1.807, 2.05) is 0 Å². The van der Waals surface area contributed by atoms with Crippen LogP contribution in [0, 0.1) is 11.6 Å². The summed E-state index contributed by atoms with van der Waals surface area (Å²) in [6, 6.07) is 7.47. The van der Waals surface area contributed by atoms with Crippen LogP contribution in [-0.4, -0.2) is 78.3 Å². The van der Waals surface area contributed by atoms with Gasteiger partial charge in [0.1, 0.15) is 28.1 Å². The minimum Gasteiger partial charge on any atom is -0.497 e. The standard InChI is InChI=1S/C26H27F2N9O4S/c1-40-15-4-2-3-14(11-15)23(38)32-19-12-16(17(27)13-18(19)28)22-34-24(41-36-22)20-21(29)33-26(42-20)35-25(39)31-7-10-37-8-5-30-6-9-37/h2-4,11-13,30H,5-10,29H2,1H3,(H,32,38)(H2,31,33,35,39). The lowest BCUT2D eigenvalue weighted by molar-refractivity contribution is 0.102. The number of nitrogen functional groups attached to an aromatic ring is 1. The van der Waals surface area contributed by atoms with E-state index in [-0.39, 0.29) is 44.4 Å². The van der Waals surface area contributed by atoms with E-state index >= 15 is 0 Å². The predicted octanol–water partition coefficient (Wildman–Crippen LogP) is 3.01. The van der Waals surface area contributed by atoms with E-state index in [2.05, 4.69) is 41.3 Å². The van der Waals surface area contributed by atoms with Crippen molar-refractivity contribution in [3.63, 3.8) is 0 Å². The number of benzene rings is 2. The lowest BCUT2D eigenvalue weighted by atomic mass is 10.1. The topological polar surface area (TPSA) is 173 Å². The molecule has 0 atom stereocenters. The molecule has 0 aliphatic carbocycles. The molecule has 42 heavy (non-hydrogen) atoms. The van der Waals surface area contributed by atoms with Crippen LogP contribution < -0.4 is 31.7 Å². The zero-order valence-corrected chi connectivity index (χ0v) is 23.2. The number of nitrogens with one attached hydrogen (secondary N) is 4. The van der Waals surface area contributed by atoms with Gasteiger partial charge in [-0.1, -0.05) is 22.6 Å².